The highest BCUT2D eigenvalue weighted by atomic mass is 32.2. The number of halogens is 3. The zero-order chi connectivity index (χ0) is 21.4. The van der Waals surface area contributed by atoms with E-state index in [0.29, 0.717) is 11.3 Å². The molecule has 4 rings (SSSR count). The maximum absolute atomic E-state index is 14.0. The predicted molar refractivity (Wildman–Crippen MR) is 106 cm³/mol. The van der Waals surface area contributed by atoms with Gasteiger partial charge in [-0.15, -0.1) is 0 Å². The molecular formula is C22H18F3NO3S. The highest BCUT2D eigenvalue weighted by Gasteiger charge is 2.61. The van der Waals surface area contributed by atoms with Gasteiger partial charge in [-0.3, -0.25) is 4.84 Å². The van der Waals surface area contributed by atoms with Crippen LogP contribution in [-0.2, 0) is 14.7 Å². The standard InChI is InChI=1S/C22H18F3NO3S/c23-22(24,25)21-20(30(27,28)18-14-8-3-9-15-18)19(16-10-4-1-5-11-16)26(29-21)17-12-6-2-7-13-17/h1-15,19-21H/t19-,20-,21-/m1/s1. The van der Waals surface area contributed by atoms with E-state index < -0.39 is 33.4 Å². The molecule has 0 bridgehead atoms. The molecule has 1 aliphatic rings. The van der Waals surface area contributed by atoms with Crippen LogP contribution in [0.3, 0.4) is 0 Å². The first-order chi connectivity index (χ1) is 14.3. The lowest BCUT2D eigenvalue weighted by Gasteiger charge is -2.27. The molecule has 1 saturated heterocycles. The highest BCUT2D eigenvalue weighted by Crippen LogP contribution is 2.47. The quantitative estimate of drug-likeness (QED) is 0.584. The third-order valence-electron chi connectivity index (χ3n) is 4.99. The van der Waals surface area contributed by atoms with Gasteiger partial charge in [-0.2, -0.15) is 13.2 Å². The second kappa shape index (κ2) is 7.77. The van der Waals surface area contributed by atoms with Crippen LogP contribution >= 0.6 is 0 Å². The van der Waals surface area contributed by atoms with E-state index >= 15 is 0 Å². The Morgan fingerprint density at radius 1 is 0.767 bits per heavy atom. The molecule has 3 atom stereocenters. The number of nitrogens with zero attached hydrogens (tertiary/aromatic N) is 1. The molecule has 0 radical (unpaired) electrons. The van der Waals surface area contributed by atoms with Crippen LogP contribution in [0, 0.1) is 0 Å². The summed E-state index contributed by atoms with van der Waals surface area (Å²) >= 11 is 0. The number of para-hydroxylation sites is 1. The molecule has 0 unspecified atom stereocenters. The lowest BCUT2D eigenvalue weighted by molar-refractivity contribution is -0.208. The summed E-state index contributed by atoms with van der Waals surface area (Å²) in [5.74, 6) is 0. The monoisotopic (exact) mass is 433 g/mol. The Labute approximate surface area is 172 Å². The number of hydrogen-bond acceptors (Lipinski definition) is 4. The Hall–Kier alpha value is -2.84. The number of alkyl halides is 3. The van der Waals surface area contributed by atoms with Crippen molar-refractivity contribution >= 4 is 15.5 Å². The van der Waals surface area contributed by atoms with Gasteiger partial charge in [-0.05, 0) is 29.8 Å². The molecule has 3 aromatic carbocycles. The number of sulfone groups is 1. The van der Waals surface area contributed by atoms with Crippen LogP contribution in [0.15, 0.2) is 95.9 Å². The van der Waals surface area contributed by atoms with E-state index in [1.807, 2.05) is 0 Å². The summed E-state index contributed by atoms with van der Waals surface area (Å²) in [6.45, 7) is 0. The summed E-state index contributed by atoms with van der Waals surface area (Å²) in [7, 11) is -4.40. The zero-order valence-corrected chi connectivity index (χ0v) is 16.4. The lowest BCUT2D eigenvalue weighted by atomic mass is 10.0. The van der Waals surface area contributed by atoms with Crippen molar-refractivity contribution in [2.75, 3.05) is 5.06 Å². The second-order valence-electron chi connectivity index (χ2n) is 6.91. The molecule has 0 saturated carbocycles. The number of benzene rings is 3. The zero-order valence-electron chi connectivity index (χ0n) is 15.6. The fourth-order valence-electron chi connectivity index (χ4n) is 3.66. The lowest BCUT2D eigenvalue weighted by Crippen LogP contribution is -2.43. The molecule has 0 aliphatic carbocycles. The molecule has 8 heteroatoms. The second-order valence-corrected chi connectivity index (χ2v) is 9.01. The topological polar surface area (TPSA) is 46.6 Å². The van der Waals surface area contributed by atoms with Crippen molar-refractivity contribution in [2.24, 2.45) is 0 Å². The smallest absolute Gasteiger partial charge is 0.258 e. The summed E-state index contributed by atoms with van der Waals surface area (Å²) in [4.78, 5) is 5.15. The molecule has 0 N–H and O–H groups in total. The summed E-state index contributed by atoms with van der Waals surface area (Å²) in [5, 5.41) is -0.818. The van der Waals surface area contributed by atoms with Crippen LogP contribution < -0.4 is 5.06 Å². The Morgan fingerprint density at radius 3 is 1.80 bits per heavy atom. The van der Waals surface area contributed by atoms with Gasteiger partial charge in [0, 0.05) is 0 Å². The maximum Gasteiger partial charge on any atom is 0.418 e. The van der Waals surface area contributed by atoms with Gasteiger partial charge in [-0.1, -0.05) is 66.7 Å². The van der Waals surface area contributed by atoms with Gasteiger partial charge in [0.2, 0.25) is 6.10 Å². The van der Waals surface area contributed by atoms with Crippen molar-refractivity contribution in [3.8, 4) is 0 Å². The summed E-state index contributed by atoms with van der Waals surface area (Å²) in [6, 6.07) is 22.4. The summed E-state index contributed by atoms with van der Waals surface area (Å²) in [5.41, 5.74) is 0.754. The van der Waals surface area contributed by atoms with Gasteiger partial charge in [-0.25, -0.2) is 13.5 Å². The summed E-state index contributed by atoms with van der Waals surface area (Å²) < 4.78 is 68.9. The molecule has 0 amide bonds. The highest BCUT2D eigenvalue weighted by molar-refractivity contribution is 7.92. The van der Waals surface area contributed by atoms with Crippen LogP contribution in [0.2, 0.25) is 0 Å². The van der Waals surface area contributed by atoms with E-state index in [1.54, 1.807) is 66.7 Å². The third-order valence-corrected chi connectivity index (χ3v) is 7.14. The van der Waals surface area contributed by atoms with Crippen molar-refractivity contribution in [1.29, 1.82) is 0 Å². The van der Waals surface area contributed by atoms with Crippen LogP contribution in [0.5, 0.6) is 0 Å². The minimum absolute atomic E-state index is 0.177. The van der Waals surface area contributed by atoms with Gasteiger partial charge in [0.05, 0.1) is 10.6 Å². The van der Waals surface area contributed by atoms with E-state index in [1.165, 1.54) is 24.3 Å². The van der Waals surface area contributed by atoms with Gasteiger partial charge >= 0.3 is 6.18 Å². The molecule has 4 nitrogen and oxygen atoms in total. The van der Waals surface area contributed by atoms with Crippen molar-refractivity contribution in [3.63, 3.8) is 0 Å². The minimum Gasteiger partial charge on any atom is -0.258 e. The number of hydrogen-bond donors (Lipinski definition) is 0. The normalized spacial score (nSPS) is 22.2. The number of hydroxylamine groups is 1. The average molecular weight is 433 g/mol. The summed E-state index contributed by atoms with van der Waals surface area (Å²) in [6.07, 6.45) is -7.41. The molecule has 0 aromatic heterocycles. The Morgan fingerprint density at radius 2 is 1.27 bits per heavy atom. The van der Waals surface area contributed by atoms with E-state index in [4.69, 9.17) is 4.84 Å². The molecular weight excluding hydrogens is 415 g/mol. The fourth-order valence-corrected chi connectivity index (χ4v) is 5.65. The Balaban J connectivity index is 1.93. The maximum atomic E-state index is 14.0. The molecule has 1 aliphatic heterocycles. The number of anilines is 1. The largest absolute Gasteiger partial charge is 0.418 e. The molecule has 30 heavy (non-hydrogen) atoms. The van der Waals surface area contributed by atoms with Crippen LogP contribution in [0.25, 0.3) is 0 Å². The first-order valence-electron chi connectivity index (χ1n) is 9.22. The third kappa shape index (κ3) is 3.68. The predicted octanol–water partition coefficient (Wildman–Crippen LogP) is 4.95. The molecule has 1 fully saturated rings. The molecule has 3 aromatic rings. The van der Waals surface area contributed by atoms with E-state index in [-0.39, 0.29) is 4.90 Å². The Bertz CT molecular complexity index is 1090. The van der Waals surface area contributed by atoms with Crippen molar-refractivity contribution in [2.45, 2.75) is 28.5 Å². The molecule has 0 spiro atoms. The van der Waals surface area contributed by atoms with Crippen molar-refractivity contribution < 1.29 is 26.4 Å². The van der Waals surface area contributed by atoms with E-state index in [2.05, 4.69) is 0 Å². The molecule has 1 heterocycles. The number of rotatable bonds is 4. The first kappa shape index (κ1) is 20.4. The van der Waals surface area contributed by atoms with Crippen molar-refractivity contribution in [1.82, 2.24) is 0 Å². The van der Waals surface area contributed by atoms with Crippen LogP contribution in [-0.4, -0.2) is 25.9 Å². The molecule has 156 valence electrons. The van der Waals surface area contributed by atoms with Crippen LogP contribution in [0.4, 0.5) is 18.9 Å². The fraction of sp³-hybridized carbons (Fsp3) is 0.182. The van der Waals surface area contributed by atoms with Crippen LogP contribution in [0.1, 0.15) is 11.6 Å². The first-order valence-corrected chi connectivity index (χ1v) is 10.8. The van der Waals surface area contributed by atoms with Crippen molar-refractivity contribution in [3.05, 3.63) is 96.6 Å². The van der Waals surface area contributed by atoms with Gasteiger partial charge in [0.25, 0.3) is 0 Å². The minimum atomic E-state index is -4.89. The van der Waals surface area contributed by atoms with Gasteiger partial charge in [0.1, 0.15) is 11.3 Å². The Kier molecular flexibility index (Phi) is 5.29. The SMILES string of the molecule is O=S(=O)(c1ccccc1)[C@@H]1[C@@H](c2ccccc2)N(c2ccccc2)O[C@H]1C(F)(F)F. The van der Waals surface area contributed by atoms with Gasteiger partial charge < -0.3 is 0 Å². The average Bonchev–Trinajstić information content (AvgIpc) is 3.18. The van der Waals surface area contributed by atoms with Gasteiger partial charge in [0.15, 0.2) is 9.84 Å². The van der Waals surface area contributed by atoms with E-state index in [0.717, 1.165) is 5.06 Å². The van der Waals surface area contributed by atoms with E-state index in [9.17, 15) is 21.6 Å².